The molecule has 88 valence electrons. The van der Waals surface area contributed by atoms with Gasteiger partial charge in [-0.1, -0.05) is 20.8 Å². The van der Waals surface area contributed by atoms with Crippen molar-refractivity contribution in [3.05, 3.63) is 0 Å². The molecule has 0 aliphatic rings. The molecular formula is C11H27NO2. The fraction of sp³-hybridized carbons (Fsp3) is 1.00. The van der Waals surface area contributed by atoms with Gasteiger partial charge in [0.1, 0.15) is 0 Å². The normalized spacial score (nSPS) is 13.5. The molecule has 1 atom stereocenters. The van der Waals surface area contributed by atoms with Crippen LogP contribution in [0.25, 0.3) is 0 Å². The van der Waals surface area contributed by atoms with Crippen molar-refractivity contribution in [3.63, 3.8) is 0 Å². The van der Waals surface area contributed by atoms with Crippen molar-refractivity contribution in [3.8, 4) is 0 Å². The predicted octanol–water partition coefficient (Wildman–Crippen LogP) is 2.19. The Balaban J connectivity index is 0. The summed E-state index contributed by atoms with van der Waals surface area (Å²) in [5, 5.41) is 9.83. The van der Waals surface area contributed by atoms with Crippen molar-refractivity contribution in [2.24, 2.45) is 0 Å². The van der Waals surface area contributed by atoms with Crippen molar-refractivity contribution in [2.45, 2.75) is 53.2 Å². The molecule has 0 aromatic rings. The molecule has 0 amide bonds. The standard InChI is InChI=1S/C11H26NO.H2O/c1-5-8-12(9-6-2,10-7-3)11(4)13;/h11,13H,5-10H2,1-4H3;1H2/q+1;/p-1. The third kappa shape index (κ3) is 4.40. The van der Waals surface area contributed by atoms with Gasteiger partial charge in [-0.25, -0.2) is 0 Å². The van der Waals surface area contributed by atoms with Gasteiger partial charge in [0.25, 0.3) is 0 Å². The molecule has 14 heavy (non-hydrogen) atoms. The van der Waals surface area contributed by atoms with E-state index in [1.165, 1.54) is 0 Å². The molecule has 0 aromatic heterocycles. The van der Waals surface area contributed by atoms with Gasteiger partial charge in [-0.3, -0.25) is 4.48 Å². The average Bonchev–Trinajstić information content (AvgIpc) is 2.05. The van der Waals surface area contributed by atoms with Gasteiger partial charge in [-0.05, 0) is 19.3 Å². The Morgan fingerprint density at radius 1 is 0.929 bits per heavy atom. The summed E-state index contributed by atoms with van der Waals surface area (Å²) in [5.74, 6) is 0. The maximum absolute atomic E-state index is 9.83. The fourth-order valence-electron chi connectivity index (χ4n) is 2.23. The SMILES string of the molecule is CCC[N+](CCC)(CCC)C(C)O.[OH-]. The molecule has 0 aliphatic carbocycles. The Labute approximate surface area is 88.6 Å². The highest BCUT2D eigenvalue weighted by atomic mass is 16.3. The van der Waals surface area contributed by atoms with E-state index in [9.17, 15) is 5.11 Å². The Bertz CT molecular complexity index is 109. The van der Waals surface area contributed by atoms with E-state index >= 15 is 0 Å². The number of quaternary nitrogens is 1. The van der Waals surface area contributed by atoms with Crippen LogP contribution in [-0.4, -0.2) is 40.9 Å². The molecule has 3 nitrogen and oxygen atoms in total. The monoisotopic (exact) mass is 205 g/mol. The number of aliphatic hydroxyl groups is 1. The van der Waals surface area contributed by atoms with Crippen LogP contribution in [0.15, 0.2) is 0 Å². The zero-order valence-electron chi connectivity index (χ0n) is 10.2. The second-order valence-electron chi connectivity index (χ2n) is 4.02. The zero-order chi connectivity index (χ0) is 10.3. The van der Waals surface area contributed by atoms with Crippen molar-refractivity contribution in [2.75, 3.05) is 19.6 Å². The molecule has 0 saturated carbocycles. The number of aliphatic hydroxyl groups excluding tert-OH is 1. The van der Waals surface area contributed by atoms with Crippen LogP contribution in [0.5, 0.6) is 0 Å². The smallest absolute Gasteiger partial charge is 0.187 e. The maximum atomic E-state index is 9.83. The Morgan fingerprint density at radius 2 is 1.21 bits per heavy atom. The summed E-state index contributed by atoms with van der Waals surface area (Å²) >= 11 is 0. The van der Waals surface area contributed by atoms with Crippen LogP contribution in [0.4, 0.5) is 0 Å². The minimum Gasteiger partial charge on any atom is -0.870 e. The third-order valence-electron chi connectivity index (χ3n) is 2.80. The third-order valence-corrected chi connectivity index (χ3v) is 2.80. The van der Waals surface area contributed by atoms with Crippen LogP contribution in [0.2, 0.25) is 0 Å². The Morgan fingerprint density at radius 3 is 1.36 bits per heavy atom. The molecule has 0 radical (unpaired) electrons. The molecule has 0 aromatic carbocycles. The fourth-order valence-corrected chi connectivity index (χ4v) is 2.23. The van der Waals surface area contributed by atoms with E-state index in [0.29, 0.717) is 0 Å². The summed E-state index contributed by atoms with van der Waals surface area (Å²) in [4.78, 5) is 0. The summed E-state index contributed by atoms with van der Waals surface area (Å²) in [6.07, 6.45) is 3.26. The van der Waals surface area contributed by atoms with E-state index in [2.05, 4.69) is 20.8 Å². The number of hydrogen-bond donors (Lipinski definition) is 1. The van der Waals surface area contributed by atoms with E-state index < -0.39 is 0 Å². The summed E-state index contributed by atoms with van der Waals surface area (Å²) < 4.78 is 0.892. The van der Waals surface area contributed by atoms with Gasteiger partial charge in [0.2, 0.25) is 0 Å². The molecule has 2 N–H and O–H groups in total. The highest BCUT2D eigenvalue weighted by Crippen LogP contribution is 2.15. The Kier molecular flexibility index (Phi) is 9.57. The minimum atomic E-state index is -0.208. The van der Waals surface area contributed by atoms with Crippen LogP contribution in [-0.2, 0) is 0 Å². The largest absolute Gasteiger partial charge is 0.870 e. The Hall–Kier alpha value is -0.120. The van der Waals surface area contributed by atoms with Crippen molar-refractivity contribution >= 4 is 0 Å². The van der Waals surface area contributed by atoms with Gasteiger partial charge < -0.3 is 10.6 Å². The molecule has 0 rings (SSSR count). The molecule has 0 heterocycles. The summed E-state index contributed by atoms with van der Waals surface area (Å²) in [7, 11) is 0. The molecule has 3 heteroatoms. The molecule has 0 spiro atoms. The lowest BCUT2D eigenvalue weighted by Crippen LogP contribution is -2.55. The van der Waals surface area contributed by atoms with Crippen molar-refractivity contribution in [1.29, 1.82) is 0 Å². The van der Waals surface area contributed by atoms with Crippen molar-refractivity contribution < 1.29 is 15.1 Å². The lowest BCUT2D eigenvalue weighted by atomic mass is 10.2. The number of rotatable bonds is 7. The van der Waals surface area contributed by atoms with Gasteiger partial charge in [0.15, 0.2) is 6.23 Å². The lowest BCUT2D eigenvalue weighted by Gasteiger charge is -2.40. The predicted molar refractivity (Wildman–Crippen MR) is 59.4 cm³/mol. The molecular weight excluding hydrogens is 178 g/mol. The first-order chi connectivity index (χ1) is 6.13. The number of nitrogens with zero attached hydrogens (tertiary/aromatic N) is 1. The topological polar surface area (TPSA) is 50.2 Å². The van der Waals surface area contributed by atoms with Gasteiger partial charge in [-0.2, -0.15) is 0 Å². The van der Waals surface area contributed by atoms with Crippen LogP contribution < -0.4 is 0 Å². The summed E-state index contributed by atoms with van der Waals surface area (Å²) in [6, 6.07) is 0. The summed E-state index contributed by atoms with van der Waals surface area (Å²) in [5.41, 5.74) is 0. The second-order valence-corrected chi connectivity index (χ2v) is 4.02. The minimum absolute atomic E-state index is 0. The quantitative estimate of drug-likeness (QED) is 0.511. The first-order valence-corrected chi connectivity index (χ1v) is 5.66. The summed E-state index contributed by atoms with van der Waals surface area (Å²) in [6.45, 7) is 11.8. The zero-order valence-corrected chi connectivity index (χ0v) is 10.2. The van der Waals surface area contributed by atoms with Crippen LogP contribution in [0, 0.1) is 0 Å². The van der Waals surface area contributed by atoms with Gasteiger partial charge in [0, 0.05) is 6.92 Å². The first-order valence-electron chi connectivity index (χ1n) is 5.66. The van der Waals surface area contributed by atoms with Crippen molar-refractivity contribution in [1.82, 2.24) is 0 Å². The van der Waals surface area contributed by atoms with Gasteiger partial charge in [-0.15, -0.1) is 0 Å². The number of hydrogen-bond acceptors (Lipinski definition) is 2. The van der Waals surface area contributed by atoms with Crippen LogP contribution in [0.3, 0.4) is 0 Å². The molecule has 0 saturated heterocycles. The van der Waals surface area contributed by atoms with E-state index in [1.807, 2.05) is 6.92 Å². The average molecular weight is 205 g/mol. The van der Waals surface area contributed by atoms with E-state index in [0.717, 1.165) is 43.4 Å². The van der Waals surface area contributed by atoms with Crippen LogP contribution >= 0.6 is 0 Å². The van der Waals surface area contributed by atoms with Gasteiger partial charge in [0.05, 0.1) is 19.6 Å². The lowest BCUT2D eigenvalue weighted by molar-refractivity contribution is -0.969. The molecule has 0 bridgehead atoms. The van der Waals surface area contributed by atoms with Gasteiger partial charge >= 0.3 is 0 Å². The van der Waals surface area contributed by atoms with E-state index in [-0.39, 0.29) is 11.7 Å². The van der Waals surface area contributed by atoms with E-state index in [4.69, 9.17) is 0 Å². The maximum Gasteiger partial charge on any atom is 0.187 e. The molecule has 0 fully saturated rings. The highest BCUT2D eigenvalue weighted by molar-refractivity contribution is 4.44. The van der Waals surface area contributed by atoms with E-state index in [1.54, 1.807) is 0 Å². The molecule has 1 unspecified atom stereocenters. The second kappa shape index (κ2) is 8.21. The highest BCUT2D eigenvalue weighted by Gasteiger charge is 2.29. The first kappa shape index (κ1) is 16.3. The molecule has 0 aliphatic heterocycles. The van der Waals surface area contributed by atoms with Crippen LogP contribution in [0.1, 0.15) is 47.0 Å².